The van der Waals surface area contributed by atoms with Crippen molar-refractivity contribution in [3.8, 4) is 0 Å². The molecule has 98 heavy (non-hydrogen) atoms. The number of rotatable bonds is 80. The summed E-state index contributed by atoms with van der Waals surface area (Å²) in [5.74, 6) is -2.11. The molecule has 0 aromatic heterocycles. The second-order valence-corrected chi connectivity index (χ2v) is 31.4. The summed E-state index contributed by atoms with van der Waals surface area (Å²) in [5, 5.41) is 10.6. The molecule has 0 aliphatic carbocycles. The van der Waals surface area contributed by atoms with Crippen LogP contribution in [0.2, 0.25) is 0 Å². The molecule has 0 radical (unpaired) electrons. The van der Waals surface area contributed by atoms with Crippen molar-refractivity contribution in [3.05, 3.63) is 0 Å². The van der Waals surface area contributed by atoms with Gasteiger partial charge in [-0.05, 0) is 25.7 Å². The quantitative estimate of drug-likeness (QED) is 0.0222. The number of aliphatic hydroxyl groups is 1. The number of carbonyl (C=O) groups excluding carboxylic acids is 4. The number of carbonyl (C=O) groups is 4. The van der Waals surface area contributed by atoms with Crippen molar-refractivity contribution in [1.29, 1.82) is 0 Å². The Kier molecular flexibility index (Phi) is 71.9. The Hall–Kier alpha value is -1.94. The Morgan fingerprint density at radius 1 is 0.245 bits per heavy atom. The van der Waals surface area contributed by atoms with E-state index in [2.05, 4.69) is 27.7 Å². The van der Waals surface area contributed by atoms with Gasteiger partial charge in [0.15, 0.2) is 12.2 Å². The fourth-order valence-corrected chi connectivity index (χ4v) is 13.9. The Balaban J connectivity index is 5.22. The predicted molar refractivity (Wildman–Crippen MR) is 400 cm³/mol. The van der Waals surface area contributed by atoms with Gasteiger partial charge < -0.3 is 33.8 Å². The first-order chi connectivity index (χ1) is 47.7. The highest BCUT2D eigenvalue weighted by molar-refractivity contribution is 7.47. The maximum Gasteiger partial charge on any atom is 0.472 e. The smallest absolute Gasteiger partial charge is 0.462 e. The summed E-state index contributed by atoms with van der Waals surface area (Å²) >= 11 is 0. The summed E-state index contributed by atoms with van der Waals surface area (Å²) in [6, 6.07) is 0. The molecular formula is C79H154O17P2. The van der Waals surface area contributed by atoms with E-state index in [0.29, 0.717) is 25.7 Å². The molecule has 0 bridgehead atoms. The molecule has 3 N–H and O–H groups in total. The van der Waals surface area contributed by atoms with E-state index in [1.807, 2.05) is 0 Å². The second kappa shape index (κ2) is 73.4. The van der Waals surface area contributed by atoms with Crippen LogP contribution in [0.25, 0.3) is 0 Å². The van der Waals surface area contributed by atoms with Gasteiger partial charge in [0.25, 0.3) is 0 Å². The molecule has 0 spiro atoms. The van der Waals surface area contributed by atoms with Crippen LogP contribution in [0.1, 0.15) is 426 Å². The van der Waals surface area contributed by atoms with E-state index in [9.17, 15) is 43.2 Å². The van der Waals surface area contributed by atoms with Gasteiger partial charge in [0, 0.05) is 25.7 Å². The van der Waals surface area contributed by atoms with Crippen molar-refractivity contribution < 1.29 is 80.2 Å². The van der Waals surface area contributed by atoms with Crippen molar-refractivity contribution in [2.45, 2.75) is 444 Å². The molecule has 17 nitrogen and oxygen atoms in total. The van der Waals surface area contributed by atoms with Crippen molar-refractivity contribution >= 4 is 39.5 Å². The largest absolute Gasteiger partial charge is 0.472 e. The Labute approximate surface area is 600 Å². The zero-order valence-corrected chi connectivity index (χ0v) is 65.6. The number of hydrogen-bond acceptors (Lipinski definition) is 15. The highest BCUT2D eigenvalue weighted by atomic mass is 31.2. The third-order valence-corrected chi connectivity index (χ3v) is 20.5. The fraction of sp³-hybridized carbons (Fsp3) is 0.949. The van der Waals surface area contributed by atoms with Gasteiger partial charge in [-0.3, -0.25) is 37.3 Å². The Morgan fingerprint density at radius 2 is 0.408 bits per heavy atom. The van der Waals surface area contributed by atoms with E-state index < -0.39 is 97.5 Å². The molecule has 0 rings (SSSR count). The van der Waals surface area contributed by atoms with Gasteiger partial charge in [0.2, 0.25) is 0 Å². The lowest BCUT2D eigenvalue weighted by Crippen LogP contribution is -2.30. The van der Waals surface area contributed by atoms with E-state index in [1.54, 1.807) is 0 Å². The molecule has 0 heterocycles. The average Bonchev–Trinajstić information content (AvgIpc) is 1.11. The van der Waals surface area contributed by atoms with Crippen LogP contribution in [0.4, 0.5) is 0 Å². The van der Waals surface area contributed by atoms with Gasteiger partial charge >= 0.3 is 39.5 Å². The lowest BCUT2D eigenvalue weighted by atomic mass is 10.0. The third-order valence-electron chi connectivity index (χ3n) is 18.6. The van der Waals surface area contributed by atoms with Gasteiger partial charge in [-0.1, -0.05) is 374 Å². The summed E-state index contributed by atoms with van der Waals surface area (Å²) in [5.41, 5.74) is 0. The molecule has 0 aromatic carbocycles. The minimum absolute atomic E-state index is 0.108. The van der Waals surface area contributed by atoms with E-state index >= 15 is 0 Å². The molecular weight excluding hydrogens is 1280 g/mol. The minimum atomic E-state index is -4.96. The standard InChI is InChI=1S/C79H154O17P2/c1-5-9-13-17-21-25-29-32-34-36-38-40-42-45-48-52-56-60-64-77(82)90-70-75(96-79(84)66-62-58-54-50-46-43-41-39-37-35-33-30-26-22-18-14-10-6-2)72-94-98(87,88)92-68-73(80)67-91-97(85,86)93-71-74(69-89-76(81)63-59-55-51-47-28-24-20-16-12-8-4)95-78(83)65-61-57-53-49-44-31-27-23-19-15-11-7-3/h73-75,80H,5-72H2,1-4H3,(H,85,86)(H,87,88)/t73-,74+,75+/m0/s1. The summed E-state index contributed by atoms with van der Waals surface area (Å²) in [7, 11) is -9.91. The van der Waals surface area contributed by atoms with E-state index in [4.69, 9.17) is 37.0 Å². The van der Waals surface area contributed by atoms with Gasteiger partial charge in [-0.2, -0.15) is 0 Å². The first-order valence-electron chi connectivity index (χ1n) is 41.3. The van der Waals surface area contributed by atoms with Gasteiger partial charge in [-0.15, -0.1) is 0 Å². The highest BCUT2D eigenvalue weighted by Crippen LogP contribution is 2.45. The third kappa shape index (κ3) is 72.4. The zero-order valence-electron chi connectivity index (χ0n) is 63.8. The summed E-state index contributed by atoms with van der Waals surface area (Å²) < 4.78 is 68.6. The number of aliphatic hydroxyl groups excluding tert-OH is 1. The van der Waals surface area contributed by atoms with Crippen molar-refractivity contribution in [2.75, 3.05) is 39.6 Å². The number of phosphoric acid groups is 2. The van der Waals surface area contributed by atoms with E-state index in [0.717, 1.165) is 89.9 Å². The predicted octanol–water partition coefficient (Wildman–Crippen LogP) is 23.8. The number of hydrogen-bond donors (Lipinski definition) is 3. The van der Waals surface area contributed by atoms with E-state index in [-0.39, 0.29) is 25.7 Å². The molecule has 0 aliphatic rings. The number of unbranched alkanes of at least 4 members (excludes halogenated alkanes) is 54. The van der Waals surface area contributed by atoms with Crippen LogP contribution in [-0.2, 0) is 65.4 Å². The first kappa shape index (κ1) is 96.1. The Morgan fingerprint density at radius 3 is 0.602 bits per heavy atom. The van der Waals surface area contributed by atoms with Crippen molar-refractivity contribution in [2.24, 2.45) is 0 Å². The summed E-state index contributed by atoms with van der Waals surface area (Å²) in [6.07, 6.45) is 65.1. The van der Waals surface area contributed by atoms with Crippen LogP contribution in [-0.4, -0.2) is 96.7 Å². The Bertz CT molecular complexity index is 1860. The van der Waals surface area contributed by atoms with Crippen molar-refractivity contribution in [3.63, 3.8) is 0 Å². The summed E-state index contributed by atoms with van der Waals surface area (Å²) in [6.45, 7) is 5.01. The first-order valence-corrected chi connectivity index (χ1v) is 44.3. The number of phosphoric ester groups is 2. The zero-order chi connectivity index (χ0) is 71.8. The second-order valence-electron chi connectivity index (χ2n) is 28.5. The maximum absolute atomic E-state index is 13.1. The molecule has 0 fully saturated rings. The highest BCUT2D eigenvalue weighted by Gasteiger charge is 2.30. The number of ether oxygens (including phenoxy) is 4. The van der Waals surface area contributed by atoms with Gasteiger partial charge in [0.05, 0.1) is 26.4 Å². The van der Waals surface area contributed by atoms with Crippen LogP contribution in [0, 0.1) is 0 Å². The van der Waals surface area contributed by atoms with Gasteiger partial charge in [0.1, 0.15) is 19.3 Å². The molecule has 2 unspecified atom stereocenters. The normalized spacial score (nSPS) is 13.8. The average molecular weight is 1440 g/mol. The molecule has 0 aromatic rings. The molecule has 5 atom stereocenters. The van der Waals surface area contributed by atoms with E-state index in [1.165, 1.54) is 257 Å². The molecule has 19 heteroatoms. The van der Waals surface area contributed by atoms with Crippen LogP contribution >= 0.6 is 15.6 Å². The molecule has 0 aliphatic heterocycles. The van der Waals surface area contributed by atoms with Crippen LogP contribution < -0.4 is 0 Å². The van der Waals surface area contributed by atoms with Crippen LogP contribution in [0.3, 0.4) is 0 Å². The van der Waals surface area contributed by atoms with Crippen LogP contribution in [0.15, 0.2) is 0 Å². The lowest BCUT2D eigenvalue weighted by molar-refractivity contribution is -0.161. The SMILES string of the molecule is CCCCCCCCCCCCCCCCCCCCC(=O)OC[C@H](COP(=O)(O)OC[C@@H](O)COP(=O)(O)OC[C@@H](COC(=O)CCCCCCCCCCCC)OC(=O)CCCCCCCCCCCCCC)OC(=O)CCCCCCCCCCCCCCCCCCCC. The molecule has 0 amide bonds. The maximum atomic E-state index is 13.1. The minimum Gasteiger partial charge on any atom is -0.462 e. The monoisotopic (exact) mass is 1440 g/mol. The number of esters is 4. The van der Waals surface area contributed by atoms with Gasteiger partial charge in [-0.25, -0.2) is 9.13 Å². The molecule has 582 valence electrons. The van der Waals surface area contributed by atoms with Crippen LogP contribution in [0.5, 0.6) is 0 Å². The van der Waals surface area contributed by atoms with Crippen molar-refractivity contribution in [1.82, 2.24) is 0 Å². The fourth-order valence-electron chi connectivity index (χ4n) is 12.3. The lowest BCUT2D eigenvalue weighted by Gasteiger charge is -2.21. The molecule has 0 saturated heterocycles. The molecule has 0 saturated carbocycles. The topological polar surface area (TPSA) is 237 Å². The summed E-state index contributed by atoms with van der Waals surface area (Å²) in [4.78, 5) is 72.9.